The zero-order valence-electron chi connectivity index (χ0n) is 19.0. The summed E-state index contributed by atoms with van der Waals surface area (Å²) in [5, 5.41) is 0. The van der Waals surface area contributed by atoms with Crippen LogP contribution in [0.4, 0.5) is 0 Å². The normalized spacial score (nSPS) is 13.5. The standard InChI is InChI=1S/C26H29NO5S/c1-20(32-33(28,29)30)25(21-10-6-4-7-11-21)26(22-12-8-5-9-13-22)23-14-16-24(17-15-23)31-19-18-27(2)3/h4-17,20H,18-19H2,1-3H3,(H,28,29,30)/b26-25+. The number of hydrogen-bond donors (Lipinski definition) is 1. The zero-order valence-corrected chi connectivity index (χ0v) is 19.8. The molecule has 3 aromatic rings. The molecule has 6 nitrogen and oxygen atoms in total. The van der Waals surface area contributed by atoms with Gasteiger partial charge in [-0.15, -0.1) is 0 Å². The van der Waals surface area contributed by atoms with Gasteiger partial charge >= 0.3 is 10.4 Å². The van der Waals surface area contributed by atoms with E-state index >= 15 is 0 Å². The Morgan fingerprint density at radius 2 is 1.36 bits per heavy atom. The minimum Gasteiger partial charge on any atom is -0.492 e. The van der Waals surface area contributed by atoms with Gasteiger partial charge in [-0.1, -0.05) is 72.8 Å². The molecule has 1 N–H and O–H groups in total. The van der Waals surface area contributed by atoms with Gasteiger partial charge in [-0.25, -0.2) is 4.18 Å². The quantitative estimate of drug-likeness (QED) is 0.341. The first-order valence-corrected chi connectivity index (χ1v) is 12.0. The lowest BCUT2D eigenvalue weighted by Gasteiger charge is -2.22. The van der Waals surface area contributed by atoms with Crippen LogP contribution in [0.5, 0.6) is 5.75 Å². The van der Waals surface area contributed by atoms with Gasteiger partial charge in [0.25, 0.3) is 0 Å². The molecule has 0 amide bonds. The van der Waals surface area contributed by atoms with Crippen LogP contribution in [0, 0.1) is 0 Å². The number of hydrogen-bond acceptors (Lipinski definition) is 5. The second kappa shape index (κ2) is 11.2. The van der Waals surface area contributed by atoms with Crippen molar-refractivity contribution in [1.82, 2.24) is 4.90 Å². The molecular formula is C26H29NO5S. The van der Waals surface area contributed by atoms with E-state index in [1.165, 1.54) is 0 Å². The summed E-state index contributed by atoms with van der Waals surface area (Å²) in [5.74, 6) is 0.747. The summed E-state index contributed by atoms with van der Waals surface area (Å²) in [4.78, 5) is 2.05. The van der Waals surface area contributed by atoms with E-state index < -0.39 is 16.5 Å². The van der Waals surface area contributed by atoms with Crippen molar-refractivity contribution in [2.75, 3.05) is 27.2 Å². The molecule has 0 aliphatic rings. The molecule has 0 aliphatic carbocycles. The van der Waals surface area contributed by atoms with Crippen molar-refractivity contribution in [2.45, 2.75) is 13.0 Å². The minimum atomic E-state index is -4.66. The Kier molecular flexibility index (Phi) is 8.41. The van der Waals surface area contributed by atoms with E-state index in [1.54, 1.807) is 6.92 Å². The highest BCUT2D eigenvalue weighted by Crippen LogP contribution is 2.36. The van der Waals surface area contributed by atoms with Gasteiger partial charge in [0.05, 0.1) is 0 Å². The molecule has 0 saturated carbocycles. The van der Waals surface area contributed by atoms with Crippen molar-refractivity contribution in [3.8, 4) is 5.75 Å². The molecule has 0 spiro atoms. The van der Waals surface area contributed by atoms with Crippen LogP contribution in [-0.4, -0.2) is 51.2 Å². The van der Waals surface area contributed by atoms with E-state index in [-0.39, 0.29) is 0 Å². The third-order valence-electron chi connectivity index (χ3n) is 5.04. The lowest BCUT2D eigenvalue weighted by atomic mass is 9.87. The fourth-order valence-electron chi connectivity index (χ4n) is 3.58. The lowest BCUT2D eigenvalue weighted by Crippen LogP contribution is -2.19. The van der Waals surface area contributed by atoms with Crippen molar-refractivity contribution in [3.05, 3.63) is 102 Å². The fourth-order valence-corrected chi connectivity index (χ4v) is 4.04. The molecule has 3 aromatic carbocycles. The monoisotopic (exact) mass is 467 g/mol. The topological polar surface area (TPSA) is 76.1 Å². The maximum absolute atomic E-state index is 11.6. The summed E-state index contributed by atoms with van der Waals surface area (Å²) in [6, 6.07) is 26.8. The minimum absolute atomic E-state index is 0.572. The highest BCUT2D eigenvalue weighted by Gasteiger charge is 2.23. The SMILES string of the molecule is CC(OS(=O)(=O)O)/C(=C(/c1ccccc1)c1ccc(OCCN(C)C)cc1)c1ccccc1. The molecule has 0 aliphatic heterocycles. The van der Waals surface area contributed by atoms with Crippen molar-refractivity contribution in [3.63, 3.8) is 0 Å². The summed E-state index contributed by atoms with van der Waals surface area (Å²) in [5.41, 5.74) is 3.99. The molecule has 0 saturated heterocycles. The van der Waals surface area contributed by atoms with Gasteiger partial charge in [-0.05, 0) is 61.0 Å². The van der Waals surface area contributed by atoms with E-state index in [0.717, 1.165) is 34.6 Å². The van der Waals surface area contributed by atoms with Crippen LogP contribution in [0.15, 0.2) is 84.9 Å². The number of likely N-dealkylation sites (N-methyl/N-ethyl adjacent to an activating group) is 1. The number of ether oxygens (including phenoxy) is 1. The lowest BCUT2D eigenvalue weighted by molar-refractivity contribution is 0.241. The maximum atomic E-state index is 11.6. The van der Waals surface area contributed by atoms with Crippen molar-refractivity contribution in [1.29, 1.82) is 0 Å². The molecule has 0 bridgehead atoms. The highest BCUT2D eigenvalue weighted by molar-refractivity contribution is 7.80. The van der Waals surface area contributed by atoms with Crippen LogP contribution in [0.3, 0.4) is 0 Å². The third kappa shape index (κ3) is 7.27. The van der Waals surface area contributed by atoms with Crippen LogP contribution in [0.2, 0.25) is 0 Å². The van der Waals surface area contributed by atoms with E-state index in [0.29, 0.717) is 12.2 Å². The number of nitrogens with zero attached hydrogens (tertiary/aromatic N) is 1. The molecule has 1 atom stereocenters. The smallest absolute Gasteiger partial charge is 0.397 e. The van der Waals surface area contributed by atoms with E-state index in [1.807, 2.05) is 104 Å². The van der Waals surface area contributed by atoms with Crippen LogP contribution in [0.25, 0.3) is 11.1 Å². The van der Waals surface area contributed by atoms with Gasteiger partial charge < -0.3 is 9.64 Å². The second-order valence-corrected chi connectivity index (χ2v) is 8.91. The zero-order chi connectivity index (χ0) is 23.8. The van der Waals surface area contributed by atoms with Crippen LogP contribution >= 0.6 is 0 Å². The summed E-state index contributed by atoms with van der Waals surface area (Å²) in [6.45, 7) is 2.99. The van der Waals surface area contributed by atoms with E-state index in [4.69, 9.17) is 8.92 Å². The summed E-state index contributed by atoms with van der Waals surface area (Å²) >= 11 is 0. The fraction of sp³-hybridized carbons (Fsp3) is 0.231. The molecule has 0 fully saturated rings. The van der Waals surface area contributed by atoms with Gasteiger partial charge in [0.1, 0.15) is 18.5 Å². The molecule has 33 heavy (non-hydrogen) atoms. The molecule has 0 heterocycles. The molecule has 3 rings (SSSR count). The molecule has 0 radical (unpaired) electrons. The molecular weight excluding hydrogens is 438 g/mol. The second-order valence-electron chi connectivity index (χ2n) is 7.86. The molecule has 7 heteroatoms. The summed E-state index contributed by atoms with van der Waals surface area (Å²) in [6.07, 6.45) is -0.936. The molecule has 1 unspecified atom stereocenters. The average molecular weight is 468 g/mol. The predicted octanol–water partition coefficient (Wildman–Crippen LogP) is 4.79. The summed E-state index contributed by atoms with van der Waals surface area (Å²) < 4.78 is 43.3. The Labute approximate surface area is 196 Å². The van der Waals surface area contributed by atoms with Crippen LogP contribution < -0.4 is 4.74 Å². The molecule has 174 valence electrons. The largest absolute Gasteiger partial charge is 0.492 e. The average Bonchev–Trinajstić information content (AvgIpc) is 2.78. The van der Waals surface area contributed by atoms with Gasteiger partial charge in [-0.3, -0.25) is 4.55 Å². The highest BCUT2D eigenvalue weighted by atomic mass is 32.3. The Bertz CT molecular complexity index is 1160. The maximum Gasteiger partial charge on any atom is 0.397 e. The Morgan fingerprint density at radius 1 is 0.848 bits per heavy atom. The molecule has 0 aromatic heterocycles. The van der Waals surface area contributed by atoms with Crippen molar-refractivity contribution < 1.29 is 21.9 Å². The van der Waals surface area contributed by atoms with Gasteiger partial charge in [0.15, 0.2) is 0 Å². The number of benzene rings is 3. The number of rotatable bonds is 10. The first kappa shape index (κ1) is 24.7. The van der Waals surface area contributed by atoms with Crippen molar-refractivity contribution >= 4 is 21.5 Å². The predicted molar refractivity (Wildman–Crippen MR) is 131 cm³/mol. The Balaban J connectivity index is 2.14. The first-order chi connectivity index (χ1) is 15.7. The van der Waals surface area contributed by atoms with Gasteiger partial charge in [0, 0.05) is 6.54 Å². The summed E-state index contributed by atoms with van der Waals surface area (Å²) in [7, 11) is -0.676. The Morgan fingerprint density at radius 3 is 1.88 bits per heavy atom. The first-order valence-electron chi connectivity index (χ1n) is 10.6. The van der Waals surface area contributed by atoms with Crippen LogP contribution in [0.1, 0.15) is 23.6 Å². The van der Waals surface area contributed by atoms with Crippen molar-refractivity contribution in [2.24, 2.45) is 0 Å². The Hall–Kier alpha value is -2.97. The van der Waals surface area contributed by atoms with E-state index in [9.17, 15) is 13.0 Å². The van der Waals surface area contributed by atoms with E-state index in [2.05, 4.69) is 0 Å². The van der Waals surface area contributed by atoms with Gasteiger partial charge in [-0.2, -0.15) is 8.42 Å². The van der Waals surface area contributed by atoms with Crippen LogP contribution in [-0.2, 0) is 14.6 Å². The third-order valence-corrected chi connectivity index (χ3v) is 5.57. The van der Waals surface area contributed by atoms with Gasteiger partial charge in [0.2, 0.25) is 0 Å².